The molecule has 6 nitrogen and oxygen atoms in total. The van der Waals surface area contributed by atoms with E-state index in [1.807, 2.05) is 37.3 Å². The van der Waals surface area contributed by atoms with Gasteiger partial charge in [0.2, 0.25) is 10.0 Å². The number of aryl methyl sites for hydroxylation is 1. The first-order valence-electron chi connectivity index (χ1n) is 9.04. The van der Waals surface area contributed by atoms with Gasteiger partial charge >= 0.3 is 0 Å². The van der Waals surface area contributed by atoms with Gasteiger partial charge in [-0.3, -0.25) is 9.71 Å². The van der Waals surface area contributed by atoms with Crippen molar-refractivity contribution in [2.45, 2.75) is 6.92 Å². The number of anilines is 3. The van der Waals surface area contributed by atoms with Crippen molar-refractivity contribution in [1.29, 1.82) is 0 Å². The Kier molecular flexibility index (Phi) is 4.90. The number of benzene rings is 3. The third-order valence-corrected chi connectivity index (χ3v) is 5.08. The number of aromatic nitrogens is 2. The van der Waals surface area contributed by atoms with Gasteiger partial charge in [-0.2, -0.15) is 0 Å². The molecule has 0 unspecified atom stereocenters. The summed E-state index contributed by atoms with van der Waals surface area (Å²) < 4.78 is 25.7. The zero-order valence-electron chi connectivity index (χ0n) is 16.0. The van der Waals surface area contributed by atoms with Gasteiger partial charge in [0.05, 0.1) is 30.0 Å². The number of nitrogens with zero attached hydrogens (tertiary/aromatic N) is 2. The van der Waals surface area contributed by atoms with Crippen molar-refractivity contribution in [1.82, 2.24) is 9.97 Å². The third-order valence-electron chi connectivity index (χ3n) is 4.49. The molecule has 0 spiro atoms. The summed E-state index contributed by atoms with van der Waals surface area (Å²) in [4.78, 5) is 8.96. The van der Waals surface area contributed by atoms with E-state index < -0.39 is 10.0 Å². The fourth-order valence-corrected chi connectivity index (χ4v) is 3.69. The highest BCUT2D eigenvalue weighted by Crippen LogP contribution is 2.26. The molecule has 4 rings (SSSR count). The van der Waals surface area contributed by atoms with E-state index >= 15 is 0 Å². The zero-order valence-corrected chi connectivity index (χ0v) is 16.9. The van der Waals surface area contributed by atoms with E-state index in [1.54, 1.807) is 18.5 Å². The third kappa shape index (κ3) is 4.52. The number of hydrogen-bond donors (Lipinski definition) is 2. The van der Waals surface area contributed by atoms with Crippen LogP contribution in [-0.2, 0) is 10.0 Å². The smallest absolute Gasteiger partial charge is 0.229 e. The van der Waals surface area contributed by atoms with Gasteiger partial charge in [-0.25, -0.2) is 13.4 Å². The van der Waals surface area contributed by atoms with Crippen LogP contribution >= 0.6 is 0 Å². The molecular formula is C22H20N4O2S. The minimum atomic E-state index is -3.36. The monoisotopic (exact) mass is 404 g/mol. The van der Waals surface area contributed by atoms with Gasteiger partial charge in [-0.05, 0) is 41.5 Å². The largest absolute Gasteiger partial charge is 0.339 e. The lowest BCUT2D eigenvalue weighted by atomic mass is 10.1. The quantitative estimate of drug-likeness (QED) is 0.503. The number of hydrogen-bond acceptors (Lipinski definition) is 5. The van der Waals surface area contributed by atoms with Crippen LogP contribution in [0.5, 0.6) is 0 Å². The second kappa shape index (κ2) is 7.52. The first-order chi connectivity index (χ1) is 13.9. The maximum atomic E-state index is 11.6. The molecule has 1 aromatic heterocycles. The van der Waals surface area contributed by atoms with E-state index in [-0.39, 0.29) is 0 Å². The zero-order chi connectivity index (χ0) is 20.4. The first kappa shape index (κ1) is 18.9. The van der Waals surface area contributed by atoms with Crippen LogP contribution < -0.4 is 10.0 Å². The Morgan fingerprint density at radius 1 is 0.897 bits per heavy atom. The van der Waals surface area contributed by atoms with Crippen LogP contribution in [0.1, 0.15) is 5.56 Å². The minimum Gasteiger partial charge on any atom is -0.339 e. The first-order valence-corrected chi connectivity index (χ1v) is 10.9. The molecular weight excluding hydrogens is 384 g/mol. The summed E-state index contributed by atoms with van der Waals surface area (Å²) in [5.41, 5.74) is 3.80. The summed E-state index contributed by atoms with van der Waals surface area (Å²) in [6.07, 6.45) is 4.49. The van der Waals surface area contributed by atoms with Crippen molar-refractivity contribution >= 4 is 38.0 Å². The Morgan fingerprint density at radius 3 is 2.48 bits per heavy atom. The fraction of sp³-hybridized carbons (Fsp3) is 0.0909. The molecule has 0 aliphatic carbocycles. The molecule has 0 radical (unpaired) electrons. The molecule has 0 bridgehead atoms. The maximum Gasteiger partial charge on any atom is 0.229 e. The van der Waals surface area contributed by atoms with Gasteiger partial charge in [0.25, 0.3) is 0 Å². The normalized spacial score (nSPS) is 11.4. The number of nitrogens with one attached hydrogen (secondary N) is 2. The van der Waals surface area contributed by atoms with Crippen LogP contribution in [-0.4, -0.2) is 24.6 Å². The average Bonchev–Trinajstić information content (AvgIpc) is 2.69. The second-order valence-corrected chi connectivity index (χ2v) is 8.63. The molecule has 4 aromatic rings. The molecule has 0 saturated carbocycles. The summed E-state index contributed by atoms with van der Waals surface area (Å²) in [6, 6.07) is 19.8. The summed E-state index contributed by atoms with van der Waals surface area (Å²) in [7, 11) is -3.36. The minimum absolute atomic E-state index is 0.524. The molecule has 0 aliphatic rings. The van der Waals surface area contributed by atoms with E-state index in [4.69, 9.17) is 0 Å². The van der Waals surface area contributed by atoms with E-state index in [0.717, 1.165) is 28.5 Å². The maximum absolute atomic E-state index is 11.6. The van der Waals surface area contributed by atoms with Crippen LogP contribution in [0.15, 0.2) is 73.1 Å². The number of rotatable bonds is 5. The van der Waals surface area contributed by atoms with Crippen LogP contribution in [0.4, 0.5) is 17.2 Å². The average molecular weight is 404 g/mol. The lowest BCUT2D eigenvalue weighted by Crippen LogP contribution is -2.10. The Morgan fingerprint density at radius 2 is 1.69 bits per heavy atom. The summed E-state index contributed by atoms with van der Waals surface area (Å²) in [5.74, 6) is 0.574. The van der Waals surface area contributed by atoms with E-state index in [1.165, 1.54) is 5.39 Å². The summed E-state index contributed by atoms with van der Waals surface area (Å²) in [5, 5.41) is 5.51. The van der Waals surface area contributed by atoms with Gasteiger partial charge in [0, 0.05) is 11.3 Å². The number of sulfonamides is 1. The van der Waals surface area contributed by atoms with Crippen molar-refractivity contribution in [2.75, 3.05) is 16.3 Å². The Bertz CT molecular complexity index is 1300. The van der Waals surface area contributed by atoms with Gasteiger partial charge in [0.15, 0.2) is 0 Å². The van der Waals surface area contributed by atoms with Gasteiger partial charge in [-0.15, -0.1) is 0 Å². The SMILES string of the molecule is Cc1ccc(Nc2cncc(-c3ccc4ccccc4c3)n2)cc1NS(C)(=O)=O. The molecule has 0 amide bonds. The molecule has 1 heterocycles. The molecule has 0 atom stereocenters. The van der Waals surface area contributed by atoms with Gasteiger partial charge in [-0.1, -0.05) is 42.5 Å². The topological polar surface area (TPSA) is 84.0 Å². The van der Waals surface area contributed by atoms with Crippen molar-refractivity contribution in [3.63, 3.8) is 0 Å². The van der Waals surface area contributed by atoms with Crippen molar-refractivity contribution in [3.05, 3.63) is 78.6 Å². The molecule has 2 N–H and O–H groups in total. The Balaban J connectivity index is 1.63. The number of fused-ring (bicyclic) bond motifs is 1. The molecule has 29 heavy (non-hydrogen) atoms. The van der Waals surface area contributed by atoms with Crippen molar-refractivity contribution in [2.24, 2.45) is 0 Å². The van der Waals surface area contributed by atoms with Crippen LogP contribution in [0.3, 0.4) is 0 Å². The van der Waals surface area contributed by atoms with Crippen molar-refractivity contribution in [3.8, 4) is 11.3 Å². The highest BCUT2D eigenvalue weighted by Gasteiger charge is 2.08. The van der Waals surface area contributed by atoms with Crippen LogP contribution in [0, 0.1) is 6.92 Å². The molecule has 146 valence electrons. The summed E-state index contributed by atoms with van der Waals surface area (Å²) >= 11 is 0. The lowest BCUT2D eigenvalue weighted by molar-refractivity contribution is 0.607. The standard InChI is InChI=1S/C22H20N4O2S/c1-15-7-10-19(12-20(15)26-29(2,27)28)24-22-14-23-13-21(25-22)18-9-8-16-5-3-4-6-17(16)11-18/h3-14,26H,1-2H3,(H,24,25). The highest BCUT2D eigenvalue weighted by atomic mass is 32.2. The van der Waals surface area contributed by atoms with Crippen LogP contribution in [0.2, 0.25) is 0 Å². The summed E-state index contributed by atoms with van der Waals surface area (Å²) in [6.45, 7) is 1.84. The van der Waals surface area contributed by atoms with Crippen molar-refractivity contribution < 1.29 is 8.42 Å². The second-order valence-electron chi connectivity index (χ2n) is 6.88. The Hall–Kier alpha value is -3.45. The lowest BCUT2D eigenvalue weighted by Gasteiger charge is -2.12. The predicted octanol–water partition coefficient (Wildman–Crippen LogP) is 4.72. The predicted molar refractivity (Wildman–Crippen MR) is 118 cm³/mol. The molecule has 0 aliphatic heterocycles. The van der Waals surface area contributed by atoms with Crippen LogP contribution in [0.25, 0.3) is 22.0 Å². The van der Waals surface area contributed by atoms with Gasteiger partial charge < -0.3 is 5.32 Å². The van der Waals surface area contributed by atoms with Gasteiger partial charge in [0.1, 0.15) is 5.82 Å². The highest BCUT2D eigenvalue weighted by molar-refractivity contribution is 7.92. The van der Waals surface area contributed by atoms with E-state index in [0.29, 0.717) is 17.2 Å². The molecule has 0 fully saturated rings. The molecule has 3 aromatic carbocycles. The Labute approximate surface area is 169 Å². The van der Waals surface area contributed by atoms with E-state index in [9.17, 15) is 8.42 Å². The van der Waals surface area contributed by atoms with E-state index in [2.05, 4.69) is 44.3 Å². The molecule has 7 heteroatoms. The fourth-order valence-electron chi connectivity index (χ4n) is 3.07. The molecule has 0 saturated heterocycles.